The van der Waals surface area contributed by atoms with Crippen LogP contribution in [0.2, 0.25) is 10.0 Å². The van der Waals surface area contributed by atoms with Crippen molar-refractivity contribution in [2.75, 3.05) is 13.2 Å². The molecule has 0 spiro atoms. The van der Waals surface area contributed by atoms with Gasteiger partial charge in [0.2, 0.25) is 0 Å². The molecule has 1 atom stereocenters. The molecular weight excluding hydrogens is 269 g/mol. The molecule has 4 heteroatoms. The Morgan fingerprint density at radius 1 is 1.33 bits per heavy atom. The minimum Gasteiger partial charge on any atom is -0.370 e. The van der Waals surface area contributed by atoms with E-state index in [0.717, 1.165) is 31.6 Å². The number of hydrogen-bond acceptors (Lipinski definition) is 2. The number of morpholine rings is 1. The molecule has 1 fully saturated rings. The van der Waals surface area contributed by atoms with Gasteiger partial charge >= 0.3 is 0 Å². The highest BCUT2D eigenvalue weighted by atomic mass is 35.5. The van der Waals surface area contributed by atoms with E-state index in [9.17, 15) is 0 Å². The Labute approximate surface area is 119 Å². The molecule has 2 rings (SSSR count). The van der Waals surface area contributed by atoms with Gasteiger partial charge in [-0.25, -0.2) is 0 Å². The van der Waals surface area contributed by atoms with Crippen molar-refractivity contribution >= 4 is 23.2 Å². The van der Waals surface area contributed by atoms with Gasteiger partial charge in [0.15, 0.2) is 0 Å². The molecule has 2 nitrogen and oxygen atoms in total. The van der Waals surface area contributed by atoms with Crippen LogP contribution in [0.3, 0.4) is 0 Å². The molecule has 0 radical (unpaired) electrons. The standard InChI is InChI=1S/C14H19Cl2NO/c1-3-14(4-2)9-18-13(8-17-14)11-6-5-10(15)7-12(11)16/h5-7,13,17H,3-4,8-9H2,1-2H3. The maximum absolute atomic E-state index is 6.21. The van der Waals surface area contributed by atoms with E-state index in [1.807, 2.05) is 12.1 Å². The molecule has 1 aromatic rings. The zero-order valence-corrected chi connectivity index (χ0v) is 12.3. The third-order valence-corrected chi connectivity index (χ3v) is 4.45. The lowest BCUT2D eigenvalue weighted by atomic mass is 9.91. The highest BCUT2D eigenvalue weighted by Gasteiger charge is 2.33. The van der Waals surface area contributed by atoms with Gasteiger partial charge in [0.05, 0.1) is 12.7 Å². The lowest BCUT2D eigenvalue weighted by molar-refractivity contribution is -0.0374. The van der Waals surface area contributed by atoms with Gasteiger partial charge in [-0.1, -0.05) is 43.1 Å². The van der Waals surface area contributed by atoms with Gasteiger partial charge in [-0.15, -0.1) is 0 Å². The topological polar surface area (TPSA) is 21.3 Å². The van der Waals surface area contributed by atoms with Crippen LogP contribution in [0.25, 0.3) is 0 Å². The Kier molecular flexibility index (Phi) is 4.54. The van der Waals surface area contributed by atoms with Crippen molar-refractivity contribution in [3.05, 3.63) is 33.8 Å². The van der Waals surface area contributed by atoms with Crippen LogP contribution >= 0.6 is 23.2 Å². The van der Waals surface area contributed by atoms with E-state index in [2.05, 4.69) is 19.2 Å². The van der Waals surface area contributed by atoms with E-state index in [4.69, 9.17) is 27.9 Å². The van der Waals surface area contributed by atoms with Crippen molar-refractivity contribution < 1.29 is 4.74 Å². The molecular formula is C14H19Cl2NO. The van der Waals surface area contributed by atoms with Gasteiger partial charge in [0.25, 0.3) is 0 Å². The second-order valence-electron chi connectivity index (χ2n) is 4.83. The van der Waals surface area contributed by atoms with E-state index in [-0.39, 0.29) is 11.6 Å². The van der Waals surface area contributed by atoms with Crippen LogP contribution in [-0.2, 0) is 4.74 Å². The number of ether oxygens (including phenoxy) is 1. The molecule has 1 unspecified atom stereocenters. The van der Waals surface area contributed by atoms with Crippen LogP contribution in [0.15, 0.2) is 18.2 Å². The second kappa shape index (κ2) is 5.79. The quantitative estimate of drug-likeness (QED) is 0.899. The van der Waals surface area contributed by atoms with Crippen LogP contribution in [-0.4, -0.2) is 18.7 Å². The van der Waals surface area contributed by atoms with Crippen LogP contribution in [0, 0.1) is 0 Å². The Hall–Kier alpha value is -0.280. The summed E-state index contributed by atoms with van der Waals surface area (Å²) >= 11 is 12.1. The highest BCUT2D eigenvalue weighted by Crippen LogP contribution is 2.32. The smallest absolute Gasteiger partial charge is 0.0964 e. The molecule has 0 bridgehead atoms. The Balaban J connectivity index is 2.10. The average molecular weight is 288 g/mol. The molecule has 100 valence electrons. The average Bonchev–Trinajstić information content (AvgIpc) is 2.39. The van der Waals surface area contributed by atoms with Crippen LogP contribution < -0.4 is 5.32 Å². The number of benzene rings is 1. The van der Waals surface area contributed by atoms with Crippen LogP contribution in [0.1, 0.15) is 38.4 Å². The molecule has 0 saturated carbocycles. The lowest BCUT2D eigenvalue weighted by Crippen LogP contribution is -2.54. The van der Waals surface area contributed by atoms with Crippen molar-refractivity contribution in [3.63, 3.8) is 0 Å². The van der Waals surface area contributed by atoms with Gasteiger partial charge in [-0.2, -0.15) is 0 Å². The summed E-state index contributed by atoms with van der Waals surface area (Å²) in [6.45, 7) is 5.90. The summed E-state index contributed by atoms with van der Waals surface area (Å²) in [5.41, 5.74) is 1.13. The third kappa shape index (κ3) is 2.83. The summed E-state index contributed by atoms with van der Waals surface area (Å²) in [5.74, 6) is 0. The number of nitrogens with one attached hydrogen (secondary N) is 1. The zero-order valence-electron chi connectivity index (χ0n) is 10.8. The molecule has 1 N–H and O–H groups in total. The van der Waals surface area contributed by atoms with Crippen molar-refractivity contribution in [2.45, 2.75) is 38.3 Å². The zero-order chi connectivity index (χ0) is 13.2. The molecule has 0 aliphatic carbocycles. The molecule has 0 amide bonds. The third-order valence-electron chi connectivity index (χ3n) is 3.89. The van der Waals surface area contributed by atoms with Crippen molar-refractivity contribution in [2.24, 2.45) is 0 Å². The van der Waals surface area contributed by atoms with Gasteiger partial charge in [-0.05, 0) is 25.0 Å². The summed E-state index contributed by atoms with van der Waals surface area (Å²) in [5, 5.41) is 4.94. The summed E-state index contributed by atoms with van der Waals surface area (Å²) in [6, 6.07) is 5.57. The molecule has 1 aliphatic heterocycles. The Morgan fingerprint density at radius 2 is 2.06 bits per heavy atom. The molecule has 1 heterocycles. The predicted molar refractivity (Wildman–Crippen MR) is 76.5 cm³/mol. The van der Waals surface area contributed by atoms with Gasteiger partial charge in [0.1, 0.15) is 0 Å². The fourth-order valence-electron chi connectivity index (χ4n) is 2.35. The first kappa shape index (κ1) is 14.1. The van der Waals surface area contributed by atoms with E-state index in [1.54, 1.807) is 6.07 Å². The maximum Gasteiger partial charge on any atom is 0.0964 e. The first-order chi connectivity index (χ1) is 8.60. The van der Waals surface area contributed by atoms with E-state index in [1.165, 1.54) is 0 Å². The monoisotopic (exact) mass is 287 g/mol. The largest absolute Gasteiger partial charge is 0.370 e. The second-order valence-corrected chi connectivity index (χ2v) is 5.68. The minimum atomic E-state index is 0.0148. The molecule has 1 aliphatic rings. The van der Waals surface area contributed by atoms with Crippen molar-refractivity contribution in [1.82, 2.24) is 5.32 Å². The van der Waals surface area contributed by atoms with E-state index >= 15 is 0 Å². The minimum absolute atomic E-state index is 0.0148. The Bertz CT molecular complexity index is 408. The molecule has 0 aromatic heterocycles. The van der Waals surface area contributed by atoms with Crippen molar-refractivity contribution in [1.29, 1.82) is 0 Å². The molecule has 1 aromatic carbocycles. The molecule has 1 saturated heterocycles. The summed E-state index contributed by atoms with van der Waals surface area (Å²) in [4.78, 5) is 0. The number of hydrogen-bond donors (Lipinski definition) is 1. The van der Waals surface area contributed by atoms with Gasteiger partial charge in [-0.3, -0.25) is 0 Å². The van der Waals surface area contributed by atoms with Gasteiger partial charge < -0.3 is 10.1 Å². The van der Waals surface area contributed by atoms with Crippen LogP contribution in [0.5, 0.6) is 0 Å². The van der Waals surface area contributed by atoms with Crippen LogP contribution in [0.4, 0.5) is 0 Å². The maximum atomic E-state index is 6.21. The summed E-state index contributed by atoms with van der Waals surface area (Å²) in [7, 11) is 0. The first-order valence-corrected chi connectivity index (χ1v) is 7.17. The normalized spacial score (nSPS) is 23.0. The predicted octanol–water partition coefficient (Wildman–Crippen LogP) is 4.21. The highest BCUT2D eigenvalue weighted by molar-refractivity contribution is 6.35. The summed E-state index contributed by atoms with van der Waals surface area (Å²) < 4.78 is 5.99. The van der Waals surface area contributed by atoms with Gasteiger partial charge in [0, 0.05) is 27.7 Å². The van der Waals surface area contributed by atoms with E-state index < -0.39 is 0 Å². The molecule has 18 heavy (non-hydrogen) atoms. The fourth-order valence-corrected chi connectivity index (χ4v) is 2.88. The fraction of sp³-hybridized carbons (Fsp3) is 0.571. The first-order valence-electron chi connectivity index (χ1n) is 6.42. The number of halogens is 2. The SMILES string of the molecule is CCC1(CC)COC(c2ccc(Cl)cc2Cl)CN1. The van der Waals surface area contributed by atoms with E-state index in [0.29, 0.717) is 10.0 Å². The summed E-state index contributed by atoms with van der Waals surface area (Å²) in [6.07, 6.45) is 2.16. The lowest BCUT2D eigenvalue weighted by Gasteiger charge is -2.40. The Morgan fingerprint density at radius 3 is 2.56 bits per heavy atom. The number of rotatable bonds is 3. The van der Waals surface area contributed by atoms with Crippen molar-refractivity contribution in [3.8, 4) is 0 Å².